The number of carbonyl (C=O) groups excluding carboxylic acids is 1. The molecule has 1 aliphatic heterocycles. The van der Waals surface area contributed by atoms with Crippen LogP contribution in [0.5, 0.6) is 0 Å². The average Bonchev–Trinajstić information content (AvgIpc) is 2.39. The van der Waals surface area contributed by atoms with Crippen LogP contribution in [0.4, 0.5) is 13.2 Å². The molecular weight excluding hydrogens is 269 g/mol. The maximum atomic E-state index is 12.8. The Balaban J connectivity index is 2.00. The number of piperidine rings is 1. The predicted molar refractivity (Wildman–Crippen MR) is 68.9 cm³/mol. The van der Waals surface area contributed by atoms with E-state index in [1.807, 2.05) is 0 Å². The van der Waals surface area contributed by atoms with E-state index in [-0.39, 0.29) is 24.1 Å². The van der Waals surface area contributed by atoms with Gasteiger partial charge in [0.25, 0.3) is 0 Å². The number of benzene rings is 1. The van der Waals surface area contributed by atoms with E-state index >= 15 is 0 Å². The number of nitrogens with one attached hydrogen (secondary N) is 1. The number of rotatable bonds is 3. The van der Waals surface area contributed by atoms with Gasteiger partial charge in [-0.3, -0.25) is 4.79 Å². The Bertz CT molecular complexity index is 488. The first-order valence-electron chi connectivity index (χ1n) is 6.50. The Morgan fingerprint density at radius 1 is 1.35 bits per heavy atom. The summed E-state index contributed by atoms with van der Waals surface area (Å²) in [5, 5.41) is 3.11. The lowest BCUT2D eigenvalue weighted by atomic mass is 10.0. The van der Waals surface area contributed by atoms with Crippen LogP contribution in [0.15, 0.2) is 24.3 Å². The van der Waals surface area contributed by atoms with Crippen LogP contribution in [0, 0.1) is 0 Å². The summed E-state index contributed by atoms with van der Waals surface area (Å²) in [5.41, 5.74) is -0.368. The van der Waals surface area contributed by atoms with Crippen LogP contribution in [-0.4, -0.2) is 30.4 Å². The van der Waals surface area contributed by atoms with Crippen LogP contribution in [0.2, 0.25) is 0 Å². The molecule has 3 nitrogen and oxygen atoms in total. The van der Waals surface area contributed by atoms with Crippen molar-refractivity contribution >= 4 is 5.91 Å². The van der Waals surface area contributed by atoms with E-state index < -0.39 is 11.7 Å². The molecule has 0 spiro atoms. The fourth-order valence-corrected chi connectivity index (χ4v) is 2.38. The lowest BCUT2D eigenvalue weighted by Crippen LogP contribution is -2.46. The van der Waals surface area contributed by atoms with Gasteiger partial charge < -0.3 is 10.2 Å². The van der Waals surface area contributed by atoms with Crippen molar-refractivity contribution in [2.24, 2.45) is 0 Å². The van der Waals surface area contributed by atoms with Gasteiger partial charge >= 0.3 is 6.18 Å². The molecule has 20 heavy (non-hydrogen) atoms. The summed E-state index contributed by atoms with van der Waals surface area (Å²) in [6.07, 6.45) is -3.23. The smallest absolute Gasteiger partial charge is 0.344 e. The van der Waals surface area contributed by atoms with E-state index in [4.69, 9.17) is 0 Å². The summed E-state index contributed by atoms with van der Waals surface area (Å²) in [6, 6.07) is 5.60. The Labute approximate surface area is 115 Å². The van der Waals surface area contributed by atoms with Crippen molar-refractivity contribution in [2.45, 2.75) is 31.6 Å². The summed E-state index contributed by atoms with van der Waals surface area (Å²) < 4.78 is 38.5. The lowest BCUT2D eigenvalue weighted by Gasteiger charge is -2.30. The van der Waals surface area contributed by atoms with Gasteiger partial charge in [0.05, 0.1) is 5.56 Å². The topological polar surface area (TPSA) is 32.3 Å². The Kier molecular flexibility index (Phi) is 4.32. The van der Waals surface area contributed by atoms with Crippen molar-refractivity contribution in [3.63, 3.8) is 0 Å². The Morgan fingerprint density at radius 2 is 2.05 bits per heavy atom. The zero-order chi connectivity index (χ0) is 14.8. The number of alkyl halides is 3. The fourth-order valence-electron chi connectivity index (χ4n) is 2.38. The standard InChI is InChI=1S/C14H17F3N2O/c1-19-9-11(6-7-13(19)20)18-8-10-4-2-3-5-12(10)14(15,16)17/h2-5,11,18H,6-9H2,1H3. The van der Waals surface area contributed by atoms with Gasteiger partial charge in [-0.15, -0.1) is 0 Å². The fraction of sp³-hybridized carbons (Fsp3) is 0.500. The third-order valence-electron chi connectivity index (χ3n) is 3.53. The summed E-state index contributed by atoms with van der Waals surface area (Å²) in [5.74, 6) is 0.0822. The minimum atomic E-state index is -4.34. The minimum Gasteiger partial charge on any atom is -0.344 e. The van der Waals surface area contributed by atoms with E-state index in [1.165, 1.54) is 12.1 Å². The SMILES string of the molecule is CN1CC(NCc2ccccc2C(F)(F)F)CCC1=O. The number of hydrogen-bond donors (Lipinski definition) is 1. The van der Waals surface area contributed by atoms with Crippen molar-refractivity contribution < 1.29 is 18.0 Å². The minimum absolute atomic E-state index is 0.0407. The van der Waals surface area contributed by atoms with Gasteiger partial charge in [0.15, 0.2) is 0 Å². The number of halogens is 3. The molecule has 0 aromatic heterocycles. The van der Waals surface area contributed by atoms with Gasteiger partial charge in [-0.25, -0.2) is 0 Å². The Morgan fingerprint density at radius 3 is 2.70 bits per heavy atom. The number of nitrogens with zero attached hydrogens (tertiary/aromatic N) is 1. The highest BCUT2D eigenvalue weighted by molar-refractivity contribution is 5.76. The number of carbonyl (C=O) groups is 1. The summed E-state index contributed by atoms with van der Waals surface area (Å²) in [4.78, 5) is 13.0. The van der Waals surface area contributed by atoms with Crippen LogP contribution >= 0.6 is 0 Å². The molecule has 6 heteroatoms. The van der Waals surface area contributed by atoms with Gasteiger partial charge in [0.1, 0.15) is 0 Å². The molecule has 1 saturated heterocycles. The number of likely N-dealkylation sites (tertiary alicyclic amines) is 1. The molecule has 2 rings (SSSR count). The van der Waals surface area contributed by atoms with Crippen molar-refractivity contribution in [3.8, 4) is 0 Å². The maximum Gasteiger partial charge on any atom is 0.416 e. The van der Waals surface area contributed by atoms with Crippen LogP contribution in [0.1, 0.15) is 24.0 Å². The van der Waals surface area contributed by atoms with Gasteiger partial charge in [-0.1, -0.05) is 18.2 Å². The molecule has 0 radical (unpaired) electrons. The second-order valence-corrected chi connectivity index (χ2v) is 5.05. The maximum absolute atomic E-state index is 12.8. The molecule has 0 bridgehead atoms. The van der Waals surface area contributed by atoms with Crippen LogP contribution < -0.4 is 5.32 Å². The van der Waals surface area contributed by atoms with Gasteiger partial charge in [-0.2, -0.15) is 13.2 Å². The first kappa shape index (κ1) is 14.8. The molecule has 1 aromatic carbocycles. The van der Waals surface area contributed by atoms with Crippen molar-refractivity contribution in [3.05, 3.63) is 35.4 Å². The van der Waals surface area contributed by atoms with Gasteiger partial charge in [0.2, 0.25) is 5.91 Å². The van der Waals surface area contributed by atoms with E-state index in [0.717, 1.165) is 6.07 Å². The summed E-state index contributed by atoms with van der Waals surface area (Å²) >= 11 is 0. The highest BCUT2D eigenvalue weighted by atomic mass is 19.4. The van der Waals surface area contributed by atoms with E-state index in [2.05, 4.69) is 5.32 Å². The molecule has 1 fully saturated rings. The normalized spacial score (nSPS) is 20.3. The number of likely N-dealkylation sites (N-methyl/N-ethyl adjacent to an activating group) is 1. The highest BCUT2D eigenvalue weighted by Gasteiger charge is 2.33. The van der Waals surface area contributed by atoms with Crippen molar-refractivity contribution in [1.29, 1.82) is 0 Å². The quantitative estimate of drug-likeness (QED) is 0.925. The van der Waals surface area contributed by atoms with Crippen LogP contribution in [0.3, 0.4) is 0 Å². The molecule has 1 N–H and O–H groups in total. The first-order chi connectivity index (χ1) is 9.38. The molecule has 1 aromatic rings. The van der Waals surface area contributed by atoms with Gasteiger partial charge in [-0.05, 0) is 18.1 Å². The van der Waals surface area contributed by atoms with Gasteiger partial charge in [0, 0.05) is 32.6 Å². The second-order valence-electron chi connectivity index (χ2n) is 5.05. The van der Waals surface area contributed by atoms with E-state index in [0.29, 0.717) is 19.4 Å². The van der Waals surface area contributed by atoms with Crippen LogP contribution in [-0.2, 0) is 17.5 Å². The molecule has 0 saturated carbocycles. The second kappa shape index (κ2) is 5.83. The third-order valence-corrected chi connectivity index (χ3v) is 3.53. The molecule has 1 aliphatic rings. The molecule has 0 aliphatic carbocycles. The number of hydrogen-bond acceptors (Lipinski definition) is 2. The monoisotopic (exact) mass is 286 g/mol. The summed E-state index contributed by atoms with van der Waals surface area (Å²) in [7, 11) is 1.71. The molecule has 1 amide bonds. The average molecular weight is 286 g/mol. The summed E-state index contributed by atoms with van der Waals surface area (Å²) in [6.45, 7) is 0.690. The molecule has 110 valence electrons. The predicted octanol–water partition coefficient (Wildman–Crippen LogP) is 2.42. The highest BCUT2D eigenvalue weighted by Crippen LogP contribution is 2.31. The third kappa shape index (κ3) is 3.50. The molecule has 1 atom stereocenters. The van der Waals surface area contributed by atoms with Crippen molar-refractivity contribution in [2.75, 3.05) is 13.6 Å². The zero-order valence-corrected chi connectivity index (χ0v) is 11.2. The van der Waals surface area contributed by atoms with E-state index in [9.17, 15) is 18.0 Å². The van der Waals surface area contributed by atoms with Crippen LogP contribution in [0.25, 0.3) is 0 Å². The Hall–Kier alpha value is -1.56. The first-order valence-corrected chi connectivity index (χ1v) is 6.50. The molecule has 1 heterocycles. The van der Waals surface area contributed by atoms with E-state index in [1.54, 1.807) is 18.0 Å². The lowest BCUT2D eigenvalue weighted by molar-refractivity contribution is -0.138. The number of amides is 1. The van der Waals surface area contributed by atoms with Crippen molar-refractivity contribution in [1.82, 2.24) is 10.2 Å². The molecular formula is C14H17F3N2O. The molecule has 1 unspecified atom stereocenters. The zero-order valence-electron chi connectivity index (χ0n) is 11.2. The largest absolute Gasteiger partial charge is 0.416 e.